The summed E-state index contributed by atoms with van der Waals surface area (Å²) < 4.78 is 5.73. The summed E-state index contributed by atoms with van der Waals surface area (Å²) >= 11 is 0. The smallest absolute Gasteiger partial charge is 0.277 e. The topological polar surface area (TPSA) is 69.4 Å². The van der Waals surface area contributed by atoms with Crippen LogP contribution in [0.1, 0.15) is 20.3 Å². The predicted molar refractivity (Wildman–Crippen MR) is 76.0 cm³/mol. The van der Waals surface area contributed by atoms with Crippen LogP contribution in [0.25, 0.3) is 10.8 Å². The third-order valence-electron chi connectivity index (χ3n) is 2.96. The Morgan fingerprint density at radius 1 is 1.25 bits per heavy atom. The Labute approximate surface area is 116 Å². The van der Waals surface area contributed by atoms with E-state index in [2.05, 4.69) is 0 Å². The summed E-state index contributed by atoms with van der Waals surface area (Å²) in [4.78, 5) is 21.7. The minimum Gasteiger partial charge on any atom is -0.490 e. The molecular weight excluding hydrogens is 258 g/mol. The van der Waals surface area contributed by atoms with Gasteiger partial charge in [-0.05, 0) is 26.0 Å². The highest BCUT2D eigenvalue weighted by molar-refractivity contribution is 5.95. The van der Waals surface area contributed by atoms with Crippen LogP contribution in [-0.2, 0) is 4.79 Å². The SMILES string of the molecule is CC(=O)CC(C)Oc1ccc([N+](=O)[O-])c2ccccc12. The zero-order chi connectivity index (χ0) is 14.7. The summed E-state index contributed by atoms with van der Waals surface area (Å²) in [6, 6.07) is 10.0. The van der Waals surface area contributed by atoms with Gasteiger partial charge in [0.25, 0.3) is 5.69 Å². The van der Waals surface area contributed by atoms with Crippen molar-refractivity contribution in [3.05, 3.63) is 46.5 Å². The lowest BCUT2D eigenvalue weighted by atomic mass is 10.1. The molecule has 0 saturated heterocycles. The van der Waals surface area contributed by atoms with E-state index in [1.54, 1.807) is 37.3 Å². The second-order valence-electron chi connectivity index (χ2n) is 4.72. The van der Waals surface area contributed by atoms with Crippen molar-refractivity contribution < 1.29 is 14.5 Å². The van der Waals surface area contributed by atoms with Crippen LogP contribution in [0.4, 0.5) is 5.69 Å². The molecule has 20 heavy (non-hydrogen) atoms. The van der Waals surface area contributed by atoms with E-state index in [0.717, 1.165) is 0 Å². The van der Waals surface area contributed by atoms with E-state index in [1.165, 1.54) is 13.0 Å². The van der Waals surface area contributed by atoms with Gasteiger partial charge >= 0.3 is 0 Å². The lowest BCUT2D eigenvalue weighted by molar-refractivity contribution is -0.383. The molecular formula is C15H15NO4. The van der Waals surface area contributed by atoms with Crippen LogP contribution in [0.3, 0.4) is 0 Å². The number of carbonyl (C=O) groups excluding carboxylic acids is 1. The molecule has 0 heterocycles. The van der Waals surface area contributed by atoms with E-state index >= 15 is 0 Å². The summed E-state index contributed by atoms with van der Waals surface area (Å²) in [6.07, 6.45) is 0.0445. The second-order valence-corrected chi connectivity index (χ2v) is 4.72. The lowest BCUT2D eigenvalue weighted by Crippen LogP contribution is -2.15. The summed E-state index contributed by atoms with van der Waals surface area (Å²) in [6.45, 7) is 3.31. The molecule has 0 aliphatic heterocycles. The van der Waals surface area contributed by atoms with Gasteiger partial charge in [0.15, 0.2) is 0 Å². The van der Waals surface area contributed by atoms with Gasteiger partial charge in [0.2, 0.25) is 0 Å². The molecule has 5 heteroatoms. The molecule has 2 aromatic rings. The average Bonchev–Trinajstić information content (AvgIpc) is 2.37. The van der Waals surface area contributed by atoms with Gasteiger partial charge in [-0.25, -0.2) is 0 Å². The number of hydrogen-bond acceptors (Lipinski definition) is 4. The first kappa shape index (κ1) is 14.0. The van der Waals surface area contributed by atoms with Crippen LogP contribution in [-0.4, -0.2) is 16.8 Å². The maximum absolute atomic E-state index is 11.1. The monoisotopic (exact) mass is 273 g/mol. The standard InChI is InChI=1S/C15H15NO4/c1-10(17)9-11(2)20-15-8-7-14(16(18)19)12-5-3-4-6-13(12)15/h3-8,11H,9H2,1-2H3. The summed E-state index contributed by atoms with van der Waals surface area (Å²) in [5.41, 5.74) is 0.0483. The molecule has 0 fully saturated rings. The van der Waals surface area contributed by atoms with Gasteiger partial charge in [-0.1, -0.05) is 18.2 Å². The molecule has 1 unspecified atom stereocenters. The van der Waals surface area contributed by atoms with Crippen molar-refractivity contribution >= 4 is 22.2 Å². The van der Waals surface area contributed by atoms with Crippen molar-refractivity contribution in [2.75, 3.05) is 0 Å². The van der Waals surface area contributed by atoms with E-state index in [4.69, 9.17) is 4.74 Å². The molecule has 2 rings (SSSR count). The Bertz CT molecular complexity index is 666. The maximum Gasteiger partial charge on any atom is 0.277 e. The molecule has 0 aromatic heterocycles. The number of rotatable bonds is 5. The zero-order valence-corrected chi connectivity index (χ0v) is 11.3. The summed E-state index contributed by atoms with van der Waals surface area (Å²) in [7, 11) is 0. The molecule has 1 atom stereocenters. The van der Waals surface area contributed by atoms with Gasteiger partial charge in [0.1, 0.15) is 17.6 Å². The molecule has 0 bridgehead atoms. The van der Waals surface area contributed by atoms with Crippen LogP contribution >= 0.6 is 0 Å². The van der Waals surface area contributed by atoms with Crippen LogP contribution in [0.5, 0.6) is 5.75 Å². The molecule has 2 aromatic carbocycles. The highest BCUT2D eigenvalue weighted by Crippen LogP contribution is 2.33. The van der Waals surface area contributed by atoms with Crippen molar-refractivity contribution in [3.8, 4) is 5.75 Å². The van der Waals surface area contributed by atoms with Crippen LogP contribution in [0, 0.1) is 10.1 Å². The number of ether oxygens (including phenoxy) is 1. The van der Waals surface area contributed by atoms with E-state index in [-0.39, 0.29) is 17.6 Å². The van der Waals surface area contributed by atoms with Gasteiger partial charge in [-0.15, -0.1) is 0 Å². The van der Waals surface area contributed by atoms with Crippen LogP contribution in [0.15, 0.2) is 36.4 Å². The fraction of sp³-hybridized carbons (Fsp3) is 0.267. The molecule has 0 aliphatic carbocycles. The molecule has 0 amide bonds. The number of Topliss-reactive ketones (excluding diaryl/α,β-unsaturated/α-hetero) is 1. The first-order chi connectivity index (χ1) is 9.49. The zero-order valence-electron chi connectivity index (χ0n) is 11.3. The highest BCUT2D eigenvalue weighted by atomic mass is 16.6. The molecule has 0 aliphatic rings. The number of nitro groups is 1. The molecule has 0 spiro atoms. The Balaban J connectivity index is 2.43. The van der Waals surface area contributed by atoms with Crippen molar-refractivity contribution in [3.63, 3.8) is 0 Å². The number of non-ortho nitro benzene ring substituents is 1. The number of hydrogen-bond donors (Lipinski definition) is 0. The van der Waals surface area contributed by atoms with E-state index < -0.39 is 4.92 Å². The van der Waals surface area contributed by atoms with Crippen molar-refractivity contribution in [1.29, 1.82) is 0 Å². The first-order valence-corrected chi connectivity index (χ1v) is 6.31. The van der Waals surface area contributed by atoms with Crippen molar-refractivity contribution in [2.45, 2.75) is 26.4 Å². The highest BCUT2D eigenvalue weighted by Gasteiger charge is 2.16. The van der Waals surface area contributed by atoms with Crippen molar-refractivity contribution in [1.82, 2.24) is 0 Å². The fourth-order valence-corrected chi connectivity index (χ4v) is 2.18. The normalized spacial score (nSPS) is 12.1. The number of nitro benzene ring substituents is 1. The van der Waals surface area contributed by atoms with Gasteiger partial charge in [0, 0.05) is 17.9 Å². The van der Waals surface area contributed by atoms with Gasteiger partial charge in [-0.2, -0.15) is 0 Å². The molecule has 0 saturated carbocycles. The van der Waals surface area contributed by atoms with Crippen LogP contribution < -0.4 is 4.74 Å². The first-order valence-electron chi connectivity index (χ1n) is 6.31. The van der Waals surface area contributed by atoms with Crippen LogP contribution in [0.2, 0.25) is 0 Å². The molecule has 0 N–H and O–H groups in total. The van der Waals surface area contributed by atoms with Gasteiger partial charge in [0.05, 0.1) is 10.3 Å². The number of fused-ring (bicyclic) bond motifs is 1. The summed E-state index contributed by atoms with van der Waals surface area (Å²) in [5, 5.41) is 12.2. The number of carbonyl (C=O) groups is 1. The molecule has 5 nitrogen and oxygen atoms in total. The average molecular weight is 273 g/mol. The Morgan fingerprint density at radius 2 is 1.90 bits per heavy atom. The van der Waals surface area contributed by atoms with Gasteiger partial charge < -0.3 is 4.74 Å². The maximum atomic E-state index is 11.1. The molecule has 104 valence electrons. The largest absolute Gasteiger partial charge is 0.490 e. The fourth-order valence-electron chi connectivity index (χ4n) is 2.18. The Hall–Kier alpha value is -2.43. The lowest BCUT2D eigenvalue weighted by Gasteiger charge is -2.15. The molecule has 0 radical (unpaired) electrons. The third kappa shape index (κ3) is 2.93. The summed E-state index contributed by atoms with van der Waals surface area (Å²) in [5.74, 6) is 0.601. The Morgan fingerprint density at radius 3 is 2.50 bits per heavy atom. The minimum atomic E-state index is -0.412. The third-order valence-corrected chi connectivity index (χ3v) is 2.96. The number of nitrogens with zero attached hydrogens (tertiary/aromatic N) is 1. The number of benzene rings is 2. The van der Waals surface area contributed by atoms with E-state index in [1.807, 2.05) is 0 Å². The Kier molecular flexibility index (Phi) is 3.98. The second kappa shape index (κ2) is 5.69. The van der Waals surface area contributed by atoms with E-state index in [0.29, 0.717) is 22.9 Å². The predicted octanol–water partition coefficient (Wildman–Crippen LogP) is 3.49. The van der Waals surface area contributed by atoms with Gasteiger partial charge in [-0.3, -0.25) is 14.9 Å². The van der Waals surface area contributed by atoms with Crippen molar-refractivity contribution in [2.24, 2.45) is 0 Å². The van der Waals surface area contributed by atoms with E-state index in [9.17, 15) is 14.9 Å². The minimum absolute atomic E-state index is 0.0451. The quantitative estimate of drug-likeness (QED) is 0.617. The number of ketones is 1.